The van der Waals surface area contributed by atoms with Crippen LogP contribution in [0.1, 0.15) is 67.7 Å². The third-order valence-electron chi connectivity index (χ3n) is 4.81. The van der Waals surface area contributed by atoms with Crippen LogP contribution in [-0.2, 0) is 19.1 Å². The molecule has 0 radical (unpaired) electrons. The molecular weight excluding hydrogens is 388 g/mol. The summed E-state index contributed by atoms with van der Waals surface area (Å²) in [4.78, 5) is 51.4. The van der Waals surface area contributed by atoms with Crippen molar-refractivity contribution in [3.05, 3.63) is 0 Å². The van der Waals surface area contributed by atoms with E-state index in [9.17, 15) is 19.2 Å². The largest absolute Gasteiger partial charge is 0.444 e. The number of primary amides is 1. The Labute approximate surface area is 179 Å². The number of hydrogen-bond acceptors (Lipinski definition) is 5. The Morgan fingerprint density at radius 3 is 2.17 bits per heavy atom. The molecule has 0 aromatic rings. The van der Waals surface area contributed by atoms with Crippen molar-refractivity contribution in [2.45, 2.75) is 91.5 Å². The van der Waals surface area contributed by atoms with Gasteiger partial charge in [0.05, 0.1) is 0 Å². The number of hydrogen-bond donors (Lipinski definition) is 3. The lowest BCUT2D eigenvalue weighted by atomic mass is 9.99. The third-order valence-corrected chi connectivity index (χ3v) is 4.81. The van der Waals surface area contributed by atoms with Gasteiger partial charge in [0.15, 0.2) is 0 Å². The summed E-state index contributed by atoms with van der Waals surface area (Å²) in [6, 6.07) is -2.33. The van der Waals surface area contributed by atoms with E-state index in [0.717, 1.165) is 0 Å². The smallest absolute Gasteiger partial charge is 0.408 e. The van der Waals surface area contributed by atoms with E-state index >= 15 is 0 Å². The monoisotopic (exact) mass is 426 g/mol. The summed E-state index contributed by atoms with van der Waals surface area (Å²) >= 11 is 0. The number of nitrogens with two attached hydrogens (primary N) is 1. The molecule has 0 bridgehead atoms. The molecule has 9 nitrogen and oxygen atoms in total. The second kappa shape index (κ2) is 10.6. The van der Waals surface area contributed by atoms with Gasteiger partial charge in [-0.25, -0.2) is 4.79 Å². The van der Waals surface area contributed by atoms with Crippen molar-refractivity contribution in [2.75, 3.05) is 6.54 Å². The van der Waals surface area contributed by atoms with Crippen molar-refractivity contribution in [1.82, 2.24) is 15.5 Å². The number of carbonyl (C=O) groups excluding carboxylic acids is 4. The van der Waals surface area contributed by atoms with Crippen LogP contribution in [0, 0.1) is 11.8 Å². The van der Waals surface area contributed by atoms with E-state index in [4.69, 9.17) is 10.5 Å². The van der Waals surface area contributed by atoms with Gasteiger partial charge < -0.3 is 26.0 Å². The molecule has 1 fully saturated rings. The Morgan fingerprint density at radius 1 is 1.10 bits per heavy atom. The number of nitrogens with one attached hydrogen (secondary N) is 2. The number of alkyl carbamates (subject to hydrolysis) is 1. The van der Waals surface area contributed by atoms with Crippen LogP contribution in [0.4, 0.5) is 4.79 Å². The summed E-state index contributed by atoms with van der Waals surface area (Å²) in [6.07, 6.45) is 0.909. The summed E-state index contributed by atoms with van der Waals surface area (Å²) in [7, 11) is 0. The van der Waals surface area contributed by atoms with Gasteiger partial charge in [-0.1, -0.05) is 27.7 Å². The molecule has 4 N–H and O–H groups in total. The Bertz CT molecular complexity index is 642. The molecule has 0 aromatic carbocycles. The van der Waals surface area contributed by atoms with Gasteiger partial charge in [-0.2, -0.15) is 0 Å². The maximum absolute atomic E-state index is 13.1. The fraction of sp³-hybridized carbons (Fsp3) is 0.810. The normalized spacial score (nSPS) is 18.8. The van der Waals surface area contributed by atoms with E-state index in [1.165, 1.54) is 4.90 Å². The lowest BCUT2D eigenvalue weighted by molar-refractivity contribution is -0.142. The first-order chi connectivity index (χ1) is 13.7. The zero-order valence-corrected chi connectivity index (χ0v) is 19.3. The van der Waals surface area contributed by atoms with Crippen molar-refractivity contribution in [2.24, 2.45) is 17.6 Å². The minimum Gasteiger partial charge on any atom is -0.444 e. The van der Waals surface area contributed by atoms with Crippen LogP contribution in [-0.4, -0.2) is 59.0 Å². The zero-order chi connectivity index (χ0) is 23.2. The van der Waals surface area contributed by atoms with Crippen molar-refractivity contribution in [3.8, 4) is 0 Å². The quantitative estimate of drug-likeness (QED) is 0.542. The van der Waals surface area contributed by atoms with E-state index in [1.54, 1.807) is 20.8 Å². The molecule has 9 heteroatoms. The van der Waals surface area contributed by atoms with E-state index < -0.39 is 41.6 Å². The molecule has 0 spiro atoms. The molecule has 0 saturated carbocycles. The lowest BCUT2D eigenvalue weighted by Crippen LogP contribution is -2.58. The molecule has 1 aliphatic heterocycles. The summed E-state index contributed by atoms with van der Waals surface area (Å²) in [5.74, 6) is -1.42. The molecule has 172 valence electrons. The van der Waals surface area contributed by atoms with Crippen LogP contribution in [0.15, 0.2) is 0 Å². The Kier molecular flexibility index (Phi) is 9.11. The Balaban J connectivity index is 2.94. The van der Waals surface area contributed by atoms with Gasteiger partial charge in [0.1, 0.15) is 23.7 Å². The Hall–Kier alpha value is -2.32. The summed E-state index contributed by atoms with van der Waals surface area (Å²) < 4.78 is 5.26. The minimum absolute atomic E-state index is 0.127. The van der Waals surface area contributed by atoms with Crippen LogP contribution in [0.2, 0.25) is 0 Å². The predicted octanol–water partition coefficient (Wildman–Crippen LogP) is 1.54. The summed E-state index contributed by atoms with van der Waals surface area (Å²) in [5, 5.41) is 5.39. The number of carbonyl (C=O) groups is 4. The fourth-order valence-electron chi connectivity index (χ4n) is 3.43. The number of nitrogens with zero attached hydrogens (tertiary/aromatic N) is 1. The molecule has 0 aliphatic carbocycles. The molecule has 4 amide bonds. The lowest BCUT2D eigenvalue weighted by Gasteiger charge is -2.31. The third kappa shape index (κ3) is 7.84. The van der Waals surface area contributed by atoms with Gasteiger partial charge in [0.2, 0.25) is 17.7 Å². The summed E-state index contributed by atoms with van der Waals surface area (Å²) in [5.41, 5.74) is 4.73. The molecule has 0 aromatic heterocycles. The van der Waals surface area contributed by atoms with Crippen LogP contribution in [0.3, 0.4) is 0 Å². The second-order valence-corrected chi connectivity index (χ2v) is 9.65. The highest BCUT2D eigenvalue weighted by atomic mass is 16.6. The molecular formula is C21H38N4O5. The topological polar surface area (TPSA) is 131 Å². The van der Waals surface area contributed by atoms with E-state index in [1.807, 2.05) is 27.7 Å². The first kappa shape index (κ1) is 25.7. The highest BCUT2D eigenvalue weighted by Gasteiger charge is 2.38. The second-order valence-electron chi connectivity index (χ2n) is 9.65. The van der Waals surface area contributed by atoms with E-state index in [2.05, 4.69) is 10.6 Å². The number of ether oxygens (including phenoxy) is 1. The van der Waals surface area contributed by atoms with Gasteiger partial charge in [-0.05, 0) is 51.9 Å². The van der Waals surface area contributed by atoms with Crippen LogP contribution in [0.5, 0.6) is 0 Å². The molecule has 3 atom stereocenters. The summed E-state index contributed by atoms with van der Waals surface area (Å²) in [6.45, 7) is 13.1. The minimum atomic E-state index is -0.848. The van der Waals surface area contributed by atoms with Crippen molar-refractivity contribution in [1.29, 1.82) is 0 Å². The first-order valence-electron chi connectivity index (χ1n) is 10.6. The van der Waals surface area contributed by atoms with Crippen molar-refractivity contribution < 1.29 is 23.9 Å². The van der Waals surface area contributed by atoms with Crippen LogP contribution in [0.25, 0.3) is 0 Å². The van der Waals surface area contributed by atoms with E-state index in [-0.39, 0.29) is 17.7 Å². The highest BCUT2D eigenvalue weighted by molar-refractivity contribution is 5.94. The SMILES string of the molecule is CC(C)C[C@H](NC(=O)OC(C)(C)C)C(=O)N[C@@H](C(=O)N1CCC[C@@H]1C(N)=O)C(C)C. The zero-order valence-electron chi connectivity index (χ0n) is 19.3. The molecule has 1 rings (SSSR count). The standard InChI is InChI=1S/C21H38N4O5/c1-12(2)11-14(23-20(29)30-21(5,6)7)18(27)24-16(13(3)4)19(28)25-10-8-9-15(25)17(22)26/h12-16H,8-11H2,1-7H3,(H2,22,26)(H,23,29)(H,24,27)/t14-,15+,16+/m0/s1. The first-order valence-corrected chi connectivity index (χ1v) is 10.6. The molecule has 1 heterocycles. The van der Waals surface area contributed by atoms with Gasteiger partial charge in [0.25, 0.3) is 0 Å². The molecule has 0 unspecified atom stereocenters. The molecule has 1 aliphatic rings. The number of amides is 4. The average molecular weight is 427 g/mol. The maximum Gasteiger partial charge on any atom is 0.408 e. The molecule has 30 heavy (non-hydrogen) atoms. The fourth-order valence-corrected chi connectivity index (χ4v) is 3.43. The number of rotatable bonds is 8. The van der Waals surface area contributed by atoms with E-state index in [0.29, 0.717) is 25.8 Å². The van der Waals surface area contributed by atoms with Gasteiger partial charge in [-0.15, -0.1) is 0 Å². The van der Waals surface area contributed by atoms with Crippen LogP contribution < -0.4 is 16.4 Å². The number of likely N-dealkylation sites (tertiary alicyclic amines) is 1. The average Bonchev–Trinajstić information content (AvgIpc) is 3.05. The molecule has 1 saturated heterocycles. The predicted molar refractivity (Wildman–Crippen MR) is 113 cm³/mol. The van der Waals surface area contributed by atoms with Crippen LogP contribution >= 0.6 is 0 Å². The highest BCUT2D eigenvalue weighted by Crippen LogP contribution is 2.20. The van der Waals surface area contributed by atoms with Gasteiger partial charge in [0, 0.05) is 6.54 Å². The van der Waals surface area contributed by atoms with Gasteiger partial charge >= 0.3 is 6.09 Å². The maximum atomic E-state index is 13.1. The van der Waals surface area contributed by atoms with Gasteiger partial charge in [-0.3, -0.25) is 14.4 Å². The van der Waals surface area contributed by atoms with Crippen molar-refractivity contribution in [3.63, 3.8) is 0 Å². The Morgan fingerprint density at radius 2 is 1.70 bits per heavy atom. The van der Waals surface area contributed by atoms with Crippen molar-refractivity contribution >= 4 is 23.8 Å².